The number of hydrogen-bond donors (Lipinski definition) is 13. The molecule has 9 amide bonds. The van der Waals surface area contributed by atoms with Crippen molar-refractivity contribution in [3.05, 3.63) is 0 Å². The largest absolute Gasteiger partial charge is 0.481 e. The highest BCUT2D eigenvalue weighted by Crippen LogP contribution is 2.04. The van der Waals surface area contributed by atoms with Crippen molar-refractivity contribution in [3.8, 4) is 0 Å². The fraction of sp³-hybridized carbons (Fsp3) is 0.571. The van der Waals surface area contributed by atoms with Crippen molar-refractivity contribution in [3.63, 3.8) is 0 Å². The van der Waals surface area contributed by atoms with Gasteiger partial charge >= 0.3 is 17.9 Å². The first-order valence-electron chi connectivity index (χ1n) is 15.5. The predicted molar refractivity (Wildman–Crippen MR) is 172 cm³/mol. The number of nitrogens with two attached hydrogens (primary N) is 1. The van der Waals surface area contributed by atoms with Crippen molar-refractivity contribution < 1.29 is 78.0 Å². The standard InChI is InChI=1S/C28H43N9O16/c1-12(33-27(52)16(7-22(47)48)35-18(41)9-30-11-38)24(49)36-15(4-6-21(45)46)26(51)37-23(13(2)39)28(53)32-10-19(42)34-14(3-5-20(43)44)25(50)31-8-17(29)40/h11-16,23,39H,3-10H2,1-2H3,(H2,29,40)(H,30,38)(H,31,50)(H,32,53)(H,33,52)(H,34,42)(H,35,41)(H,36,49)(H,37,51)(H,43,44)(H,45,46)(H,47,48)/t12-,13-,14-,15-,16-,23?/m0/s1. The molecular weight excluding hydrogens is 718 g/mol. The third-order valence-electron chi connectivity index (χ3n) is 6.63. The van der Waals surface area contributed by atoms with Gasteiger partial charge in [0.05, 0.1) is 32.2 Å². The molecule has 14 N–H and O–H groups in total. The maximum atomic E-state index is 13.1. The SMILES string of the molecule is C[C@H](NC(=O)[C@H](CC(=O)O)NC(=O)CNC=O)C(=O)N[C@@H](CCC(=O)O)C(=O)NC(C(=O)NCC(=O)N[C@@H](CCC(=O)O)C(=O)NCC(N)=O)[C@H](C)O. The molecule has 0 spiro atoms. The van der Waals surface area contributed by atoms with E-state index < -0.39 is 153 Å². The summed E-state index contributed by atoms with van der Waals surface area (Å²) in [6, 6.07) is -8.26. The molecule has 296 valence electrons. The Morgan fingerprint density at radius 1 is 0.585 bits per heavy atom. The maximum Gasteiger partial charge on any atom is 0.305 e. The zero-order chi connectivity index (χ0) is 40.8. The average molecular weight is 762 g/mol. The lowest BCUT2D eigenvalue weighted by atomic mass is 10.1. The Balaban J connectivity index is 5.69. The lowest BCUT2D eigenvalue weighted by Gasteiger charge is -2.26. The summed E-state index contributed by atoms with van der Waals surface area (Å²) in [6.45, 7) is 0.0475. The molecule has 0 aliphatic heterocycles. The first-order valence-corrected chi connectivity index (χ1v) is 15.5. The van der Waals surface area contributed by atoms with Gasteiger partial charge in [-0.1, -0.05) is 0 Å². The van der Waals surface area contributed by atoms with E-state index in [4.69, 9.17) is 21.1 Å². The number of carbonyl (C=O) groups is 12. The van der Waals surface area contributed by atoms with Crippen LogP contribution in [0.15, 0.2) is 0 Å². The molecule has 0 rings (SSSR count). The minimum atomic E-state index is -1.83. The van der Waals surface area contributed by atoms with Crippen LogP contribution in [-0.2, 0) is 57.5 Å². The second-order valence-corrected chi connectivity index (χ2v) is 11.1. The van der Waals surface area contributed by atoms with Gasteiger partial charge in [0.15, 0.2) is 0 Å². The van der Waals surface area contributed by atoms with Crippen LogP contribution in [0.1, 0.15) is 46.0 Å². The van der Waals surface area contributed by atoms with Crippen molar-refractivity contribution in [1.82, 2.24) is 42.5 Å². The van der Waals surface area contributed by atoms with E-state index in [1.54, 1.807) is 0 Å². The molecule has 0 fully saturated rings. The molecule has 0 saturated carbocycles. The topological polar surface area (TPSA) is 408 Å². The van der Waals surface area contributed by atoms with Crippen molar-refractivity contribution in [2.24, 2.45) is 5.73 Å². The van der Waals surface area contributed by atoms with E-state index in [1.165, 1.54) is 0 Å². The molecule has 0 aromatic heterocycles. The number of carboxylic acids is 3. The second-order valence-electron chi connectivity index (χ2n) is 11.1. The molecule has 25 heteroatoms. The monoisotopic (exact) mass is 761 g/mol. The number of aliphatic hydroxyl groups excluding tert-OH is 1. The minimum absolute atomic E-state index is 0.175. The lowest BCUT2D eigenvalue weighted by molar-refractivity contribution is -0.141. The van der Waals surface area contributed by atoms with Crippen molar-refractivity contribution in [2.75, 3.05) is 19.6 Å². The number of carboxylic acid groups (broad SMARTS) is 3. The Morgan fingerprint density at radius 2 is 1.08 bits per heavy atom. The Morgan fingerprint density at radius 3 is 1.57 bits per heavy atom. The number of amides is 9. The van der Waals surface area contributed by atoms with Gasteiger partial charge in [-0.3, -0.25) is 57.5 Å². The van der Waals surface area contributed by atoms with E-state index in [0.29, 0.717) is 0 Å². The van der Waals surface area contributed by atoms with Gasteiger partial charge < -0.3 is 68.7 Å². The molecule has 0 heterocycles. The van der Waals surface area contributed by atoms with Crippen LogP contribution >= 0.6 is 0 Å². The average Bonchev–Trinajstić information content (AvgIpc) is 3.06. The summed E-state index contributed by atoms with van der Waals surface area (Å²) in [5.74, 6) is -12.8. The highest BCUT2D eigenvalue weighted by Gasteiger charge is 2.33. The number of nitrogens with one attached hydrogen (secondary N) is 8. The molecule has 0 aromatic rings. The van der Waals surface area contributed by atoms with Gasteiger partial charge in [0.1, 0.15) is 30.2 Å². The van der Waals surface area contributed by atoms with Crippen LogP contribution in [0, 0.1) is 0 Å². The van der Waals surface area contributed by atoms with Gasteiger partial charge in [-0.05, 0) is 26.7 Å². The third kappa shape index (κ3) is 20.1. The van der Waals surface area contributed by atoms with E-state index in [-0.39, 0.29) is 6.41 Å². The van der Waals surface area contributed by atoms with Gasteiger partial charge in [0.25, 0.3) is 0 Å². The van der Waals surface area contributed by atoms with Gasteiger partial charge in [-0.2, -0.15) is 0 Å². The molecule has 0 aromatic carbocycles. The van der Waals surface area contributed by atoms with Crippen LogP contribution in [0.25, 0.3) is 0 Å². The summed E-state index contributed by atoms with van der Waals surface area (Å²) >= 11 is 0. The molecular formula is C28H43N9O16. The zero-order valence-corrected chi connectivity index (χ0v) is 28.5. The fourth-order valence-corrected chi connectivity index (χ4v) is 3.99. The molecule has 0 saturated heterocycles. The summed E-state index contributed by atoms with van der Waals surface area (Å²) in [4.78, 5) is 143. The molecule has 0 aliphatic carbocycles. The fourth-order valence-electron chi connectivity index (χ4n) is 3.99. The van der Waals surface area contributed by atoms with Gasteiger partial charge in [0, 0.05) is 12.8 Å². The first kappa shape index (κ1) is 46.6. The summed E-state index contributed by atoms with van der Waals surface area (Å²) in [6.07, 6.45) is -4.71. The number of carbonyl (C=O) groups excluding carboxylic acids is 9. The molecule has 6 atom stereocenters. The zero-order valence-electron chi connectivity index (χ0n) is 28.5. The van der Waals surface area contributed by atoms with E-state index in [1.807, 2.05) is 5.32 Å². The summed E-state index contributed by atoms with van der Waals surface area (Å²) in [5, 5.41) is 54.1. The maximum absolute atomic E-state index is 13.1. The lowest BCUT2D eigenvalue weighted by Crippen LogP contribution is -2.60. The number of aliphatic hydroxyl groups is 1. The predicted octanol–water partition coefficient (Wildman–Crippen LogP) is -7.52. The van der Waals surface area contributed by atoms with Crippen LogP contribution in [-0.4, -0.2) is 148 Å². The number of aliphatic carboxylic acids is 3. The second kappa shape index (κ2) is 23.9. The van der Waals surface area contributed by atoms with E-state index in [9.17, 15) is 62.6 Å². The van der Waals surface area contributed by atoms with Gasteiger partial charge in [-0.15, -0.1) is 0 Å². The Labute approximate surface area is 299 Å². The van der Waals surface area contributed by atoms with Crippen molar-refractivity contribution in [2.45, 2.75) is 82.3 Å². The Bertz CT molecular complexity index is 1410. The Kier molecular flexibility index (Phi) is 21.0. The van der Waals surface area contributed by atoms with Crippen LogP contribution < -0.4 is 48.3 Å². The van der Waals surface area contributed by atoms with E-state index >= 15 is 0 Å². The number of primary amides is 1. The normalized spacial score (nSPS) is 13.8. The van der Waals surface area contributed by atoms with Crippen LogP contribution in [0.4, 0.5) is 0 Å². The molecule has 0 bridgehead atoms. The first-order chi connectivity index (χ1) is 24.7. The third-order valence-corrected chi connectivity index (χ3v) is 6.63. The number of hydrogen-bond acceptors (Lipinski definition) is 13. The highest BCUT2D eigenvalue weighted by molar-refractivity contribution is 5.97. The van der Waals surface area contributed by atoms with Gasteiger partial charge in [-0.25, -0.2) is 0 Å². The Hall–Kier alpha value is -6.40. The minimum Gasteiger partial charge on any atom is -0.481 e. The van der Waals surface area contributed by atoms with Crippen LogP contribution in [0.3, 0.4) is 0 Å². The smallest absolute Gasteiger partial charge is 0.305 e. The van der Waals surface area contributed by atoms with Crippen molar-refractivity contribution >= 4 is 71.6 Å². The highest BCUT2D eigenvalue weighted by atomic mass is 16.4. The molecule has 0 aliphatic rings. The number of rotatable bonds is 26. The molecule has 0 radical (unpaired) electrons. The summed E-state index contributed by atoms with van der Waals surface area (Å²) in [5.41, 5.74) is 4.95. The quantitative estimate of drug-likeness (QED) is 0.0364. The van der Waals surface area contributed by atoms with Crippen LogP contribution in [0.2, 0.25) is 0 Å². The van der Waals surface area contributed by atoms with Gasteiger partial charge in [0.2, 0.25) is 53.7 Å². The van der Waals surface area contributed by atoms with E-state index in [2.05, 4.69) is 37.2 Å². The van der Waals surface area contributed by atoms with E-state index in [0.717, 1.165) is 13.8 Å². The molecule has 1 unspecified atom stereocenters. The molecule has 53 heavy (non-hydrogen) atoms. The summed E-state index contributed by atoms with van der Waals surface area (Å²) in [7, 11) is 0. The summed E-state index contributed by atoms with van der Waals surface area (Å²) < 4.78 is 0. The van der Waals surface area contributed by atoms with Crippen molar-refractivity contribution in [1.29, 1.82) is 0 Å². The van der Waals surface area contributed by atoms with Crippen LogP contribution in [0.5, 0.6) is 0 Å². The molecule has 25 nitrogen and oxygen atoms in total.